The molecular formula is C12H19NO3S. The first kappa shape index (κ1) is 14.2. The van der Waals surface area contributed by atoms with Crippen LogP contribution in [0, 0.1) is 0 Å². The Morgan fingerprint density at radius 3 is 2.76 bits per heavy atom. The van der Waals surface area contributed by atoms with Crippen molar-refractivity contribution in [3.05, 3.63) is 21.9 Å². The lowest BCUT2D eigenvalue weighted by atomic mass is 10.1. The zero-order valence-corrected chi connectivity index (χ0v) is 11.3. The minimum Gasteiger partial charge on any atom is -0.477 e. The van der Waals surface area contributed by atoms with E-state index < -0.39 is 5.97 Å². The van der Waals surface area contributed by atoms with Crippen LogP contribution in [0.5, 0.6) is 0 Å². The van der Waals surface area contributed by atoms with E-state index in [-0.39, 0.29) is 5.60 Å². The second kappa shape index (κ2) is 6.14. The van der Waals surface area contributed by atoms with Crippen LogP contribution in [-0.2, 0) is 11.3 Å². The monoisotopic (exact) mass is 257 g/mol. The van der Waals surface area contributed by atoms with Gasteiger partial charge in [-0.15, -0.1) is 11.3 Å². The molecule has 0 saturated carbocycles. The first-order valence-electron chi connectivity index (χ1n) is 5.61. The summed E-state index contributed by atoms with van der Waals surface area (Å²) in [6.07, 6.45) is 0. The number of hydrogen-bond donors (Lipinski definition) is 2. The average Bonchev–Trinajstić information content (AvgIpc) is 2.66. The van der Waals surface area contributed by atoms with Crippen molar-refractivity contribution in [1.82, 2.24) is 5.32 Å². The van der Waals surface area contributed by atoms with Crippen molar-refractivity contribution in [3.63, 3.8) is 0 Å². The number of aromatic carboxylic acids is 1. The van der Waals surface area contributed by atoms with Gasteiger partial charge in [-0.2, -0.15) is 0 Å². The van der Waals surface area contributed by atoms with Crippen LogP contribution in [0.3, 0.4) is 0 Å². The lowest BCUT2D eigenvalue weighted by Gasteiger charge is -2.24. The van der Waals surface area contributed by atoms with Crippen LogP contribution in [-0.4, -0.2) is 29.8 Å². The molecule has 0 fully saturated rings. The number of ether oxygens (including phenoxy) is 1. The van der Waals surface area contributed by atoms with Crippen LogP contribution in [0.25, 0.3) is 0 Å². The van der Waals surface area contributed by atoms with E-state index in [1.54, 1.807) is 6.07 Å². The molecule has 0 amide bonds. The predicted molar refractivity (Wildman–Crippen MR) is 68.7 cm³/mol. The second-order valence-corrected chi connectivity index (χ2v) is 5.54. The van der Waals surface area contributed by atoms with Gasteiger partial charge in [0.05, 0.1) is 5.60 Å². The number of carboxylic acid groups (broad SMARTS) is 1. The van der Waals surface area contributed by atoms with Crippen molar-refractivity contribution in [2.24, 2.45) is 0 Å². The quantitative estimate of drug-likeness (QED) is 0.787. The van der Waals surface area contributed by atoms with Gasteiger partial charge in [0.1, 0.15) is 4.88 Å². The van der Waals surface area contributed by atoms with E-state index in [2.05, 4.69) is 5.32 Å². The molecule has 0 unspecified atom stereocenters. The summed E-state index contributed by atoms with van der Waals surface area (Å²) in [6, 6.07) is 3.48. The van der Waals surface area contributed by atoms with Crippen LogP contribution in [0.4, 0.5) is 0 Å². The first-order chi connectivity index (χ1) is 7.94. The number of nitrogens with one attached hydrogen (secondary N) is 1. The van der Waals surface area contributed by atoms with E-state index in [4.69, 9.17) is 9.84 Å². The first-order valence-corrected chi connectivity index (χ1v) is 6.43. The van der Waals surface area contributed by atoms with Crippen LogP contribution >= 0.6 is 11.3 Å². The standard InChI is InChI=1S/C12H19NO3S/c1-4-16-12(2,3)8-13-7-9-5-6-10(17-9)11(14)15/h5-6,13H,4,7-8H2,1-3H3,(H,14,15). The molecule has 17 heavy (non-hydrogen) atoms. The van der Waals surface area contributed by atoms with Crippen molar-refractivity contribution in [2.75, 3.05) is 13.2 Å². The molecule has 0 saturated heterocycles. The molecule has 0 radical (unpaired) electrons. The minimum atomic E-state index is -0.865. The maximum Gasteiger partial charge on any atom is 0.345 e. The van der Waals surface area contributed by atoms with Gasteiger partial charge in [-0.25, -0.2) is 4.79 Å². The highest BCUT2D eigenvalue weighted by molar-refractivity contribution is 7.13. The molecule has 1 rings (SSSR count). The molecule has 96 valence electrons. The van der Waals surface area contributed by atoms with Crippen LogP contribution in [0.1, 0.15) is 35.3 Å². The van der Waals surface area contributed by atoms with Gasteiger partial charge in [-0.3, -0.25) is 0 Å². The number of hydrogen-bond acceptors (Lipinski definition) is 4. The van der Waals surface area contributed by atoms with E-state index in [1.165, 1.54) is 11.3 Å². The molecule has 1 heterocycles. The molecule has 0 aliphatic heterocycles. The molecule has 0 atom stereocenters. The summed E-state index contributed by atoms with van der Waals surface area (Å²) in [5.41, 5.74) is -0.193. The summed E-state index contributed by atoms with van der Waals surface area (Å²) in [7, 11) is 0. The van der Waals surface area contributed by atoms with Crippen molar-refractivity contribution in [1.29, 1.82) is 0 Å². The highest BCUT2D eigenvalue weighted by Crippen LogP contribution is 2.16. The molecule has 1 aromatic heterocycles. The van der Waals surface area contributed by atoms with Crippen LogP contribution in [0.2, 0.25) is 0 Å². The fraction of sp³-hybridized carbons (Fsp3) is 0.583. The topological polar surface area (TPSA) is 58.6 Å². The van der Waals surface area contributed by atoms with E-state index >= 15 is 0 Å². The Balaban J connectivity index is 2.38. The molecular weight excluding hydrogens is 238 g/mol. The van der Waals surface area contributed by atoms with Gasteiger partial charge in [0.25, 0.3) is 0 Å². The van der Waals surface area contributed by atoms with E-state index in [9.17, 15) is 4.79 Å². The molecule has 1 aromatic rings. The Bertz CT molecular complexity index is 374. The van der Waals surface area contributed by atoms with E-state index in [0.29, 0.717) is 18.0 Å². The normalized spacial score (nSPS) is 11.7. The third-order valence-electron chi connectivity index (χ3n) is 2.26. The van der Waals surface area contributed by atoms with Crippen molar-refractivity contribution in [3.8, 4) is 0 Å². The van der Waals surface area contributed by atoms with Crippen molar-refractivity contribution >= 4 is 17.3 Å². The van der Waals surface area contributed by atoms with Gasteiger partial charge in [0, 0.05) is 24.6 Å². The molecule has 0 aliphatic carbocycles. The minimum absolute atomic E-state index is 0.193. The van der Waals surface area contributed by atoms with Crippen molar-refractivity contribution < 1.29 is 14.6 Å². The second-order valence-electron chi connectivity index (χ2n) is 4.37. The van der Waals surface area contributed by atoms with Gasteiger partial charge in [-0.1, -0.05) is 0 Å². The third kappa shape index (κ3) is 4.85. The number of carboxylic acids is 1. The summed E-state index contributed by atoms with van der Waals surface area (Å²) in [6.45, 7) is 8.13. The Hall–Kier alpha value is -0.910. The van der Waals surface area contributed by atoms with Gasteiger partial charge < -0.3 is 15.2 Å². The Kier molecular flexibility index (Phi) is 5.11. The van der Waals surface area contributed by atoms with Crippen LogP contribution in [0.15, 0.2) is 12.1 Å². The predicted octanol–water partition coefficient (Wildman–Crippen LogP) is 2.35. The van der Waals surface area contributed by atoms with Gasteiger partial charge in [0.15, 0.2) is 0 Å². The number of thiophene rings is 1. The molecule has 2 N–H and O–H groups in total. The largest absolute Gasteiger partial charge is 0.477 e. The lowest BCUT2D eigenvalue weighted by Crippen LogP contribution is -2.37. The zero-order valence-electron chi connectivity index (χ0n) is 10.4. The average molecular weight is 257 g/mol. The molecule has 0 aromatic carbocycles. The van der Waals surface area contributed by atoms with E-state index in [1.807, 2.05) is 26.8 Å². The molecule has 4 nitrogen and oxygen atoms in total. The van der Waals surface area contributed by atoms with Crippen molar-refractivity contribution in [2.45, 2.75) is 32.9 Å². The molecule has 0 spiro atoms. The summed E-state index contributed by atoms with van der Waals surface area (Å²) in [5.74, 6) is -0.865. The maximum absolute atomic E-state index is 10.7. The van der Waals surface area contributed by atoms with Gasteiger partial charge in [0.2, 0.25) is 0 Å². The third-order valence-corrected chi connectivity index (χ3v) is 3.33. The lowest BCUT2D eigenvalue weighted by molar-refractivity contribution is -0.00894. The fourth-order valence-corrected chi connectivity index (χ4v) is 2.33. The smallest absolute Gasteiger partial charge is 0.345 e. The zero-order chi connectivity index (χ0) is 12.9. The summed E-state index contributed by atoms with van der Waals surface area (Å²) < 4.78 is 5.56. The maximum atomic E-state index is 10.7. The SMILES string of the molecule is CCOC(C)(C)CNCc1ccc(C(=O)O)s1. The Morgan fingerprint density at radius 2 is 2.24 bits per heavy atom. The Labute approximate surface area is 106 Å². The summed E-state index contributed by atoms with van der Waals surface area (Å²) in [5, 5.41) is 12.1. The number of carbonyl (C=O) groups is 1. The van der Waals surface area contributed by atoms with Gasteiger partial charge >= 0.3 is 5.97 Å². The van der Waals surface area contributed by atoms with Crippen LogP contribution < -0.4 is 5.32 Å². The summed E-state index contributed by atoms with van der Waals surface area (Å²) >= 11 is 1.30. The summed E-state index contributed by atoms with van der Waals surface area (Å²) in [4.78, 5) is 12.1. The van der Waals surface area contributed by atoms with E-state index in [0.717, 1.165) is 11.4 Å². The fourth-order valence-electron chi connectivity index (χ4n) is 1.52. The van der Waals surface area contributed by atoms with Gasteiger partial charge in [-0.05, 0) is 32.9 Å². The highest BCUT2D eigenvalue weighted by Gasteiger charge is 2.16. The number of rotatable bonds is 7. The molecule has 5 heteroatoms. The highest BCUT2D eigenvalue weighted by atomic mass is 32.1. The Morgan fingerprint density at radius 1 is 1.53 bits per heavy atom. The molecule has 0 bridgehead atoms. The molecule has 0 aliphatic rings.